The van der Waals surface area contributed by atoms with Gasteiger partial charge < -0.3 is 16.2 Å². The van der Waals surface area contributed by atoms with Crippen LogP contribution in [0.3, 0.4) is 0 Å². The molecule has 2 rings (SSSR count). The van der Waals surface area contributed by atoms with Crippen LogP contribution in [0.25, 0.3) is 0 Å². The summed E-state index contributed by atoms with van der Waals surface area (Å²) in [5, 5.41) is 11.5. The standard InChI is InChI=1S/C13H10F2N2O2/c14-7-4-5-9(15)11(6-7)17-12-8(13(18)19)2-1-3-10(12)16/h1-6,17H,16H2,(H,18,19). The Kier molecular flexibility index (Phi) is 3.33. The minimum Gasteiger partial charge on any atom is -0.478 e. The van der Waals surface area contributed by atoms with Gasteiger partial charge in [-0.1, -0.05) is 6.07 Å². The SMILES string of the molecule is Nc1cccc(C(=O)O)c1Nc1cc(F)ccc1F. The van der Waals surface area contributed by atoms with Crippen LogP contribution in [0.5, 0.6) is 0 Å². The molecular formula is C13H10F2N2O2. The number of hydrogen-bond acceptors (Lipinski definition) is 3. The van der Waals surface area contributed by atoms with E-state index in [1.807, 2.05) is 0 Å². The third-order valence-corrected chi connectivity index (χ3v) is 2.52. The number of carboxylic acids is 1. The van der Waals surface area contributed by atoms with Crippen molar-refractivity contribution in [3.8, 4) is 0 Å². The first-order valence-electron chi connectivity index (χ1n) is 5.33. The van der Waals surface area contributed by atoms with Crippen molar-refractivity contribution in [3.05, 3.63) is 53.6 Å². The van der Waals surface area contributed by atoms with Gasteiger partial charge in [0.1, 0.15) is 11.6 Å². The van der Waals surface area contributed by atoms with Crippen LogP contribution in [0, 0.1) is 11.6 Å². The molecule has 0 amide bonds. The van der Waals surface area contributed by atoms with Crippen molar-refractivity contribution in [1.82, 2.24) is 0 Å². The van der Waals surface area contributed by atoms with Gasteiger partial charge in [0.25, 0.3) is 0 Å². The maximum atomic E-state index is 13.5. The highest BCUT2D eigenvalue weighted by Crippen LogP contribution is 2.29. The zero-order chi connectivity index (χ0) is 14.0. The van der Waals surface area contributed by atoms with Crippen LogP contribution in [0.2, 0.25) is 0 Å². The van der Waals surface area contributed by atoms with E-state index in [4.69, 9.17) is 10.8 Å². The van der Waals surface area contributed by atoms with E-state index in [2.05, 4.69) is 5.32 Å². The highest BCUT2D eigenvalue weighted by molar-refractivity contribution is 5.98. The minimum atomic E-state index is -1.22. The summed E-state index contributed by atoms with van der Waals surface area (Å²) >= 11 is 0. The zero-order valence-electron chi connectivity index (χ0n) is 9.65. The van der Waals surface area contributed by atoms with Gasteiger partial charge in [0, 0.05) is 6.07 Å². The molecule has 2 aromatic rings. The van der Waals surface area contributed by atoms with Crippen molar-refractivity contribution in [2.24, 2.45) is 0 Å². The number of nitrogen functional groups attached to an aromatic ring is 1. The molecular weight excluding hydrogens is 254 g/mol. The topological polar surface area (TPSA) is 75.4 Å². The fraction of sp³-hybridized carbons (Fsp3) is 0. The molecule has 4 N–H and O–H groups in total. The monoisotopic (exact) mass is 264 g/mol. The van der Waals surface area contributed by atoms with Crippen LogP contribution < -0.4 is 11.1 Å². The molecule has 0 saturated heterocycles. The van der Waals surface area contributed by atoms with E-state index in [0.717, 1.165) is 18.2 Å². The summed E-state index contributed by atoms with van der Waals surface area (Å²) in [6.07, 6.45) is 0. The lowest BCUT2D eigenvalue weighted by Crippen LogP contribution is -2.06. The molecule has 0 radical (unpaired) electrons. The smallest absolute Gasteiger partial charge is 0.337 e. The molecule has 6 heteroatoms. The second-order valence-electron chi connectivity index (χ2n) is 3.82. The Morgan fingerprint density at radius 2 is 1.95 bits per heavy atom. The van der Waals surface area contributed by atoms with E-state index in [1.165, 1.54) is 18.2 Å². The van der Waals surface area contributed by atoms with Gasteiger partial charge in [-0.25, -0.2) is 13.6 Å². The second-order valence-corrected chi connectivity index (χ2v) is 3.82. The lowest BCUT2D eigenvalue weighted by molar-refractivity contribution is 0.0698. The second kappa shape index (κ2) is 4.93. The highest BCUT2D eigenvalue weighted by Gasteiger charge is 2.14. The summed E-state index contributed by atoms with van der Waals surface area (Å²) in [7, 11) is 0. The molecule has 19 heavy (non-hydrogen) atoms. The Bertz CT molecular complexity index is 645. The number of carboxylic acid groups (broad SMARTS) is 1. The normalized spacial score (nSPS) is 10.2. The molecule has 0 atom stereocenters. The molecule has 0 aromatic heterocycles. The van der Waals surface area contributed by atoms with Crippen LogP contribution >= 0.6 is 0 Å². The first kappa shape index (κ1) is 12.8. The molecule has 0 aliphatic carbocycles. The van der Waals surface area contributed by atoms with E-state index >= 15 is 0 Å². The summed E-state index contributed by atoms with van der Waals surface area (Å²) in [4.78, 5) is 11.1. The number of benzene rings is 2. The van der Waals surface area contributed by atoms with E-state index in [1.54, 1.807) is 0 Å². The van der Waals surface area contributed by atoms with Crippen LogP contribution in [-0.2, 0) is 0 Å². The quantitative estimate of drug-likeness (QED) is 0.745. The maximum absolute atomic E-state index is 13.5. The first-order valence-corrected chi connectivity index (χ1v) is 5.33. The molecule has 0 saturated carbocycles. The fourth-order valence-corrected chi connectivity index (χ4v) is 1.62. The number of rotatable bonds is 3. The van der Waals surface area contributed by atoms with Gasteiger partial charge in [0.2, 0.25) is 0 Å². The molecule has 0 aliphatic heterocycles. The van der Waals surface area contributed by atoms with Crippen LogP contribution in [0.15, 0.2) is 36.4 Å². The average Bonchev–Trinajstić information content (AvgIpc) is 2.35. The molecule has 98 valence electrons. The number of halogens is 2. The van der Waals surface area contributed by atoms with Crippen LogP contribution in [-0.4, -0.2) is 11.1 Å². The van der Waals surface area contributed by atoms with E-state index in [0.29, 0.717) is 0 Å². The predicted octanol–water partition coefficient (Wildman–Crippen LogP) is 2.99. The Labute approximate surface area is 107 Å². The number of para-hydroxylation sites is 1. The van der Waals surface area contributed by atoms with Crippen LogP contribution in [0.1, 0.15) is 10.4 Å². The summed E-state index contributed by atoms with van der Waals surface area (Å²) in [6, 6.07) is 7.08. The molecule has 0 fully saturated rings. The number of anilines is 3. The minimum absolute atomic E-state index is 0.0273. The molecule has 0 spiro atoms. The first-order chi connectivity index (χ1) is 8.99. The van der Waals surface area contributed by atoms with Crippen molar-refractivity contribution in [2.75, 3.05) is 11.1 Å². The fourth-order valence-electron chi connectivity index (χ4n) is 1.62. The number of aromatic carboxylic acids is 1. The molecule has 2 aromatic carbocycles. The average molecular weight is 264 g/mol. The van der Waals surface area contributed by atoms with E-state index < -0.39 is 17.6 Å². The molecule has 4 nitrogen and oxygen atoms in total. The molecule has 0 aliphatic rings. The largest absolute Gasteiger partial charge is 0.478 e. The van der Waals surface area contributed by atoms with Gasteiger partial charge in [-0.05, 0) is 24.3 Å². The van der Waals surface area contributed by atoms with Gasteiger partial charge in [0.05, 0.1) is 22.6 Å². The van der Waals surface area contributed by atoms with Gasteiger partial charge in [-0.2, -0.15) is 0 Å². The maximum Gasteiger partial charge on any atom is 0.337 e. The van der Waals surface area contributed by atoms with Crippen molar-refractivity contribution in [1.29, 1.82) is 0 Å². The summed E-state index contributed by atoms with van der Waals surface area (Å²) < 4.78 is 26.6. The van der Waals surface area contributed by atoms with Crippen molar-refractivity contribution in [3.63, 3.8) is 0 Å². The number of carbonyl (C=O) groups is 1. The third-order valence-electron chi connectivity index (χ3n) is 2.52. The van der Waals surface area contributed by atoms with E-state index in [9.17, 15) is 13.6 Å². The molecule has 0 heterocycles. The Hall–Kier alpha value is -2.63. The van der Waals surface area contributed by atoms with Gasteiger partial charge in [-0.15, -0.1) is 0 Å². The molecule has 0 bridgehead atoms. The lowest BCUT2D eigenvalue weighted by Gasteiger charge is -2.12. The zero-order valence-corrected chi connectivity index (χ0v) is 9.65. The van der Waals surface area contributed by atoms with E-state index in [-0.39, 0.29) is 22.6 Å². The Morgan fingerprint density at radius 1 is 1.21 bits per heavy atom. The Balaban J connectivity index is 2.49. The summed E-state index contributed by atoms with van der Waals surface area (Å²) in [5.41, 5.74) is 5.51. The summed E-state index contributed by atoms with van der Waals surface area (Å²) in [5.74, 6) is -2.57. The van der Waals surface area contributed by atoms with Crippen molar-refractivity contribution >= 4 is 23.0 Å². The van der Waals surface area contributed by atoms with Crippen molar-refractivity contribution < 1.29 is 18.7 Å². The van der Waals surface area contributed by atoms with Gasteiger partial charge >= 0.3 is 5.97 Å². The van der Waals surface area contributed by atoms with Crippen LogP contribution in [0.4, 0.5) is 25.8 Å². The number of nitrogens with two attached hydrogens (primary N) is 1. The van der Waals surface area contributed by atoms with Gasteiger partial charge in [-0.3, -0.25) is 0 Å². The van der Waals surface area contributed by atoms with Crippen molar-refractivity contribution in [2.45, 2.75) is 0 Å². The highest BCUT2D eigenvalue weighted by atomic mass is 19.1. The Morgan fingerprint density at radius 3 is 2.63 bits per heavy atom. The van der Waals surface area contributed by atoms with Gasteiger partial charge in [0.15, 0.2) is 0 Å². The molecule has 0 unspecified atom stereocenters. The predicted molar refractivity (Wildman–Crippen MR) is 67.5 cm³/mol. The number of nitrogens with one attached hydrogen (secondary N) is 1. The third kappa shape index (κ3) is 2.62. The number of hydrogen-bond donors (Lipinski definition) is 3. The lowest BCUT2D eigenvalue weighted by atomic mass is 10.1. The summed E-state index contributed by atoms with van der Waals surface area (Å²) in [6.45, 7) is 0.